The van der Waals surface area contributed by atoms with E-state index in [1.807, 2.05) is 7.05 Å². The Morgan fingerprint density at radius 3 is 2.54 bits per heavy atom. The van der Waals surface area contributed by atoms with Gasteiger partial charge < -0.3 is 20.1 Å². The van der Waals surface area contributed by atoms with Crippen LogP contribution < -0.4 is 10.6 Å². The van der Waals surface area contributed by atoms with Gasteiger partial charge in [0.1, 0.15) is 0 Å². The van der Waals surface area contributed by atoms with Crippen molar-refractivity contribution in [1.29, 1.82) is 0 Å². The molecule has 3 atom stereocenters. The molecule has 4 rings (SSSR count). The molecular weight excluding hydrogens is 465 g/mol. The first-order valence-electron chi connectivity index (χ1n) is 11.4. The van der Waals surface area contributed by atoms with Gasteiger partial charge in [-0.2, -0.15) is 0 Å². The topological polar surface area (TPSA) is 54.9 Å². The van der Waals surface area contributed by atoms with Gasteiger partial charge in [-0.1, -0.05) is 25.7 Å². The molecule has 4 fully saturated rings. The molecule has 0 aromatic heterocycles. The summed E-state index contributed by atoms with van der Waals surface area (Å²) >= 11 is 0. The molecule has 3 unspecified atom stereocenters. The highest BCUT2D eigenvalue weighted by Crippen LogP contribution is 2.60. The first-order valence-corrected chi connectivity index (χ1v) is 11.4. The third kappa shape index (κ3) is 4.20. The maximum absolute atomic E-state index is 6.13. The lowest BCUT2D eigenvalue weighted by molar-refractivity contribution is -0.125. The van der Waals surface area contributed by atoms with Crippen molar-refractivity contribution in [3.8, 4) is 0 Å². The lowest BCUT2D eigenvalue weighted by Crippen LogP contribution is -2.69. The van der Waals surface area contributed by atoms with Crippen LogP contribution in [0, 0.1) is 16.7 Å². The van der Waals surface area contributed by atoms with Crippen LogP contribution in [0.2, 0.25) is 0 Å². The Balaban J connectivity index is 0.00000225. The zero-order valence-corrected chi connectivity index (χ0v) is 20.1. The molecule has 0 aromatic rings. The maximum atomic E-state index is 6.13. The predicted octanol–water partition coefficient (Wildman–Crippen LogP) is 4.10. The predicted molar refractivity (Wildman–Crippen MR) is 124 cm³/mol. The van der Waals surface area contributed by atoms with Crippen molar-refractivity contribution in [3.05, 3.63) is 0 Å². The quantitative estimate of drug-likeness (QED) is 0.237. The van der Waals surface area contributed by atoms with Crippen LogP contribution in [0.3, 0.4) is 0 Å². The summed E-state index contributed by atoms with van der Waals surface area (Å²) in [5.74, 6) is 1.68. The summed E-state index contributed by atoms with van der Waals surface area (Å²) in [7, 11) is 1.92. The van der Waals surface area contributed by atoms with E-state index in [9.17, 15) is 0 Å². The Morgan fingerprint density at radius 1 is 1.14 bits per heavy atom. The zero-order chi connectivity index (χ0) is 18.7. The molecule has 4 aliphatic rings. The summed E-state index contributed by atoms with van der Waals surface area (Å²) in [6, 6.07) is 0.543. The Bertz CT molecular complexity index is 530. The van der Waals surface area contributed by atoms with E-state index in [0.717, 1.165) is 38.7 Å². The smallest absolute Gasteiger partial charge is 0.191 e. The Morgan fingerprint density at radius 2 is 1.86 bits per heavy atom. The number of fused-ring (bicyclic) bond motifs is 2. The van der Waals surface area contributed by atoms with Gasteiger partial charge in [0.15, 0.2) is 5.96 Å². The van der Waals surface area contributed by atoms with Crippen molar-refractivity contribution in [2.45, 2.75) is 83.3 Å². The van der Waals surface area contributed by atoms with Gasteiger partial charge in [0.05, 0.1) is 6.10 Å². The molecule has 0 bridgehead atoms. The number of halogens is 1. The number of ether oxygens (including phenoxy) is 2. The molecule has 28 heavy (non-hydrogen) atoms. The molecule has 0 radical (unpaired) electrons. The van der Waals surface area contributed by atoms with Crippen LogP contribution in [0.5, 0.6) is 0 Å². The van der Waals surface area contributed by atoms with Crippen molar-refractivity contribution in [1.82, 2.24) is 10.6 Å². The third-order valence-corrected chi connectivity index (χ3v) is 8.08. The fraction of sp³-hybridized carbons (Fsp3) is 0.955. The molecule has 5 nitrogen and oxygen atoms in total. The van der Waals surface area contributed by atoms with Crippen molar-refractivity contribution in [3.63, 3.8) is 0 Å². The Kier molecular flexibility index (Phi) is 7.93. The number of rotatable bonds is 7. The lowest BCUT2D eigenvalue weighted by atomic mass is 9.54. The van der Waals surface area contributed by atoms with Crippen LogP contribution in [-0.2, 0) is 9.47 Å². The first-order chi connectivity index (χ1) is 13.2. The van der Waals surface area contributed by atoms with Crippen LogP contribution in [0.25, 0.3) is 0 Å². The van der Waals surface area contributed by atoms with E-state index < -0.39 is 0 Å². The molecule has 0 aromatic carbocycles. The molecule has 6 heteroatoms. The van der Waals surface area contributed by atoms with E-state index in [-0.39, 0.29) is 24.0 Å². The number of hydrogen-bond acceptors (Lipinski definition) is 3. The van der Waals surface area contributed by atoms with Gasteiger partial charge in [-0.15, -0.1) is 24.0 Å². The summed E-state index contributed by atoms with van der Waals surface area (Å²) in [5, 5.41) is 7.55. The Labute approximate surface area is 188 Å². The molecule has 162 valence electrons. The molecule has 2 N–H and O–H groups in total. The van der Waals surface area contributed by atoms with Gasteiger partial charge in [-0.05, 0) is 50.9 Å². The highest BCUT2D eigenvalue weighted by atomic mass is 127. The lowest BCUT2D eigenvalue weighted by Gasteiger charge is -2.57. The van der Waals surface area contributed by atoms with Gasteiger partial charge in [-0.25, -0.2) is 0 Å². The van der Waals surface area contributed by atoms with Crippen LogP contribution in [0.15, 0.2) is 4.99 Å². The van der Waals surface area contributed by atoms with E-state index >= 15 is 0 Å². The summed E-state index contributed by atoms with van der Waals surface area (Å²) in [4.78, 5) is 4.59. The second-order valence-corrected chi connectivity index (χ2v) is 9.39. The average Bonchev–Trinajstić information content (AvgIpc) is 3.42. The number of nitrogens with zero attached hydrogens (tertiary/aromatic N) is 1. The van der Waals surface area contributed by atoms with Gasteiger partial charge in [0.25, 0.3) is 0 Å². The molecular formula is C22H40IN3O2. The van der Waals surface area contributed by atoms with Crippen molar-refractivity contribution < 1.29 is 9.47 Å². The van der Waals surface area contributed by atoms with Crippen molar-refractivity contribution in [2.24, 2.45) is 21.7 Å². The largest absolute Gasteiger partial charge is 0.382 e. The van der Waals surface area contributed by atoms with Crippen LogP contribution in [-0.4, -0.2) is 51.5 Å². The number of aliphatic imine (C=N–C) groups is 1. The maximum Gasteiger partial charge on any atom is 0.191 e. The minimum atomic E-state index is 0. The van der Waals surface area contributed by atoms with Crippen molar-refractivity contribution >= 4 is 29.9 Å². The van der Waals surface area contributed by atoms with E-state index in [1.165, 1.54) is 57.8 Å². The second-order valence-electron chi connectivity index (χ2n) is 9.39. The fourth-order valence-corrected chi connectivity index (χ4v) is 6.59. The zero-order valence-electron chi connectivity index (χ0n) is 17.8. The highest BCUT2D eigenvalue weighted by molar-refractivity contribution is 14.0. The van der Waals surface area contributed by atoms with E-state index in [1.54, 1.807) is 0 Å². The molecule has 1 spiro atoms. The second kappa shape index (κ2) is 9.82. The van der Waals surface area contributed by atoms with Gasteiger partial charge in [0.2, 0.25) is 0 Å². The molecule has 0 amide bonds. The summed E-state index contributed by atoms with van der Waals surface area (Å²) < 4.78 is 11.8. The molecule has 3 aliphatic carbocycles. The summed E-state index contributed by atoms with van der Waals surface area (Å²) in [6.07, 6.45) is 13.6. The highest BCUT2D eigenvalue weighted by Gasteiger charge is 2.65. The van der Waals surface area contributed by atoms with Gasteiger partial charge in [-0.3, -0.25) is 4.99 Å². The van der Waals surface area contributed by atoms with Gasteiger partial charge >= 0.3 is 0 Å². The van der Waals surface area contributed by atoms with E-state index in [2.05, 4.69) is 22.5 Å². The standard InChI is InChI=1S/C22H39N3O2.HI/c1-3-26-15-13-21(9-4-5-10-21)16-24-20(23-2)25-18-17-8-14-27-19(17)22(18)11-6-7-12-22;/h17-19H,3-16H2,1-2H3,(H2,23,24,25);1H. The minimum Gasteiger partial charge on any atom is -0.382 e. The summed E-state index contributed by atoms with van der Waals surface area (Å²) in [6.45, 7) is 5.76. The SMILES string of the molecule is CCOCCC1(CNC(=NC)NC2C3CCOC3C23CCCC3)CCCC1.I. The van der Waals surface area contributed by atoms with Crippen LogP contribution >= 0.6 is 24.0 Å². The Hall–Kier alpha value is -0.0800. The normalized spacial score (nSPS) is 32.6. The monoisotopic (exact) mass is 505 g/mol. The number of nitrogens with one attached hydrogen (secondary N) is 2. The number of guanidine groups is 1. The van der Waals surface area contributed by atoms with E-state index in [4.69, 9.17) is 9.47 Å². The van der Waals surface area contributed by atoms with Gasteiger partial charge in [0, 0.05) is 50.8 Å². The van der Waals surface area contributed by atoms with Crippen LogP contribution in [0.4, 0.5) is 0 Å². The van der Waals surface area contributed by atoms with Crippen molar-refractivity contribution in [2.75, 3.05) is 33.4 Å². The van der Waals surface area contributed by atoms with E-state index in [0.29, 0.717) is 28.9 Å². The first kappa shape index (κ1) is 22.6. The minimum absolute atomic E-state index is 0. The third-order valence-electron chi connectivity index (χ3n) is 8.08. The molecule has 1 saturated heterocycles. The van der Waals surface area contributed by atoms with Crippen LogP contribution in [0.1, 0.15) is 71.1 Å². The fourth-order valence-electron chi connectivity index (χ4n) is 6.59. The average molecular weight is 505 g/mol. The summed E-state index contributed by atoms with van der Waals surface area (Å²) in [5.41, 5.74) is 0.759. The number of hydrogen-bond donors (Lipinski definition) is 2. The molecule has 1 aliphatic heterocycles. The molecule has 1 heterocycles. The molecule has 3 saturated carbocycles.